The molecule has 0 spiro atoms. The zero-order valence-corrected chi connectivity index (χ0v) is 11.3. The van der Waals surface area contributed by atoms with Crippen LogP contribution in [0.3, 0.4) is 0 Å². The van der Waals surface area contributed by atoms with Gasteiger partial charge in [0, 0.05) is 11.5 Å². The van der Waals surface area contributed by atoms with Gasteiger partial charge < -0.3 is 10.1 Å². The van der Waals surface area contributed by atoms with E-state index in [-0.39, 0.29) is 0 Å². The maximum atomic E-state index is 5.87. The normalized spacial score (nSPS) is 14.9. The van der Waals surface area contributed by atoms with Crippen LogP contribution in [0.15, 0.2) is 17.5 Å². The van der Waals surface area contributed by atoms with Crippen LogP contribution in [0.4, 0.5) is 0 Å². The first kappa shape index (κ1) is 13.7. The molecule has 2 nitrogen and oxygen atoms in total. The van der Waals surface area contributed by atoms with Crippen molar-refractivity contribution in [2.45, 2.75) is 45.8 Å². The number of hydrogen-bond donors (Lipinski definition) is 1. The second-order valence-electron chi connectivity index (χ2n) is 3.83. The molecule has 0 fully saturated rings. The van der Waals surface area contributed by atoms with Crippen LogP contribution in [0.2, 0.25) is 0 Å². The summed E-state index contributed by atoms with van der Waals surface area (Å²) in [6.45, 7) is 8.20. The SMILES string of the molecule is CCCC(OCC)C(NCC)c1cccs1. The molecule has 2 atom stereocenters. The van der Waals surface area contributed by atoms with Crippen molar-refractivity contribution < 1.29 is 4.74 Å². The van der Waals surface area contributed by atoms with Crippen molar-refractivity contribution in [2.24, 2.45) is 0 Å². The molecule has 0 saturated carbocycles. The Labute approximate surface area is 103 Å². The van der Waals surface area contributed by atoms with Gasteiger partial charge in [-0.15, -0.1) is 11.3 Å². The highest BCUT2D eigenvalue weighted by atomic mass is 32.1. The van der Waals surface area contributed by atoms with E-state index in [0.29, 0.717) is 12.1 Å². The van der Waals surface area contributed by atoms with E-state index in [4.69, 9.17) is 4.74 Å². The van der Waals surface area contributed by atoms with Crippen molar-refractivity contribution in [1.29, 1.82) is 0 Å². The highest BCUT2D eigenvalue weighted by Crippen LogP contribution is 2.26. The molecule has 0 amide bonds. The van der Waals surface area contributed by atoms with Crippen LogP contribution in [-0.2, 0) is 4.74 Å². The fourth-order valence-electron chi connectivity index (χ4n) is 1.95. The van der Waals surface area contributed by atoms with Gasteiger partial charge in [-0.3, -0.25) is 0 Å². The molecule has 1 N–H and O–H groups in total. The van der Waals surface area contributed by atoms with E-state index in [2.05, 4.69) is 43.6 Å². The summed E-state index contributed by atoms with van der Waals surface area (Å²) in [6.07, 6.45) is 2.58. The Hall–Kier alpha value is -0.380. The molecule has 1 aromatic rings. The first-order chi connectivity index (χ1) is 7.83. The lowest BCUT2D eigenvalue weighted by molar-refractivity contribution is 0.0289. The van der Waals surface area contributed by atoms with Crippen molar-refractivity contribution in [3.8, 4) is 0 Å². The van der Waals surface area contributed by atoms with E-state index in [1.54, 1.807) is 0 Å². The van der Waals surface area contributed by atoms with E-state index >= 15 is 0 Å². The van der Waals surface area contributed by atoms with Crippen molar-refractivity contribution in [3.05, 3.63) is 22.4 Å². The van der Waals surface area contributed by atoms with E-state index in [1.165, 1.54) is 4.88 Å². The summed E-state index contributed by atoms with van der Waals surface area (Å²) in [6, 6.07) is 4.66. The van der Waals surface area contributed by atoms with Gasteiger partial charge in [-0.2, -0.15) is 0 Å². The quantitative estimate of drug-likeness (QED) is 0.751. The van der Waals surface area contributed by atoms with E-state index in [0.717, 1.165) is 26.0 Å². The maximum Gasteiger partial charge on any atom is 0.0777 e. The fourth-order valence-corrected chi connectivity index (χ4v) is 2.80. The largest absolute Gasteiger partial charge is 0.376 e. The Balaban J connectivity index is 2.72. The van der Waals surface area contributed by atoms with E-state index in [9.17, 15) is 0 Å². The summed E-state index contributed by atoms with van der Waals surface area (Å²) in [5, 5.41) is 5.67. The van der Waals surface area contributed by atoms with Gasteiger partial charge in [0.15, 0.2) is 0 Å². The molecule has 2 unspecified atom stereocenters. The Morgan fingerprint density at radius 3 is 2.69 bits per heavy atom. The van der Waals surface area contributed by atoms with Crippen LogP contribution in [0.5, 0.6) is 0 Å². The summed E-state index contributed by atoms with van der Waals surface area (Å²) in [7, 11) is 0. The molecule has 1 rings (SSSR count). The van der Waals surface area contributed by atoms with Gasteiger partial charge in [-0.1, -0.05) is 26.3 Å². The Morgan fingerprint density at radius 1 is 1.38 bits per heavy atom. The molecule has 3 heteroatoms. The third-order valence-corrected chi connectivity index (χ3v) is 3.55. The summed E-state index contributed by atoms with van der Waals surface area (Å²) < 4.78 is 5.87. The molecule has 0 radical (unpaired) electrons. The molecule has 1 heterocycles. The Kier molecular flexibility index (Phi) is 6.69. The Bertz CT molecular complexity index is 255. The first-order valence-electron chi connectivity index (χ1n) is 6.21. The van der Waals surface area contributed by atoms with Crippen LogP contribution < -0.4 is 5.32 Å². The summed E-state index contributed by atoms with van der Waals surface area (Å²) in [5.41, 5.74) is 0. The summed E-state index contributed by atoms with van der Waals surface area (Å²) in [5.74, 6) is 0. The number of likely N-dealkylation sites (N-methyl/N-ethyl adjacent to an activating group) is 1. The molecule has 16 heavy (non-hydrogen) atoms. The molecular formula is C13H23NOS. The zero-order valence-electron chi connectivity index (χ0n) is 10.5. The van der Waals surface area contributed by atoms with Gasteiger partial charge in [-0.05, 0) is 31.3 Å². The van der Waals surface area contributed by atoms with E-state index < -0.39 is 0 Å². The predicted molar refractivity (Wildman–Crippen MR) is 71.1 cm³/mol. The van der Waals surface area contributed by atoms with Crippen molar-refractivity contribution >= 4 is 11.3 Å². The molecule has 0 aliphatic rings. The minimum absolute atomic E-state index is 0.300. The molecule has 0 saturated heterocycles. The fraction of sp³-hybridized carbons (Fsp3) is 0.692. The number of thiophene rings is 1. The first-order valence-corrected chi connectivity index (χ1v) is 7.09. The molecule has 0 bridgehead atoms. The predicted octanol–water partition coefficient (Wildman–Crippen LogP) is 3.60. The van der Waals surface area contributed by atoms with Crippen LogP contribution in [0.25, 0.3) is 0 Å². The summed E-state index contributed by atoms with van der Waals surface area (Å²) >= 11 is 1.81. The van der Waals surface area contributed by atoms with Gasteiger partial charge in [0.05, 0.1) is 12.1 Å². The number of ether oxygens (including phenoxy) is 1. The maximum absolute atomic E-state index is 5.87. The van der Waals surface area contributed by atoms with Gasteiger partial charge in [0.25, 0.3) is 0 Å². The van der Waals surface area contributed by atoms with Crippen LogP contribution >= 0.6 is 11.3 Å². The molecule has 0 aromatic carbocycles. The van der Waals surface area contributed by atoms with Gasteiger partial charge in [0.2, 0.25) is 0 Å². The molecule has 1 aromatic heterocycles. The van der Waals surface area contributed by atoms with E-state index in [1.807, 2.05) is 11.3 Å². The minimum Gasteiger partial charge on any atom is -0.376 e. The van der Waals surface area contributed by atoms with Crippen LogP contribution in [-0.4, -0.2) is 19.3 Å². The highest BCUT2D eigenvalue weighted by molar-refractivity contribution is 7.10. The van der Waals surface area contributed by atoms with Gasteiger partial charge in [0.1, 0.15) is 0 Å². The smallest absolute Gasteiger partial charge is 0.0777 e. The second kappa shape index (κ2) is 7.82. The zero-order chi connectivity index (χ0) is 11.8. The lowest BCUT2D eigenvalue weighted by Crippen LogP contribution is -2.33. The molecule has 0 aliphatic heterocycles. The second-order valence-corrected chi connectivity index (χ2v) is 4.81. The molecule has 0 aliphatic carbocycles. The monoisotopic (exact) mass is 241 g/mol. The summed E-state index contributed by atoms with van der Waals surface area (Å²) in [4.78, 5) is 1.38. The number of hydrogen-bond acceptors (Lipinski definition) is 3. The molecular weight excluding hydrogens is 218 g/mol. The van der Waals surface area contributed by atoms with Gasteiger partial charge in [-0.25, -0.2) is 0 Å². The Morgan fingerprint density at radius 2 is 2.19 bits per heavy atom. The number of nitrogens with one attached hydrogen (secondary N) is 1. The standard InChI is InChI=1S/C13H23NOS/c1-4-8-11(15-6-3)13(14-5-2)12-9-7-10-16-12/h7,9-11,13-14H,4-6,8H2,1-3H3. The lowest BCUT2D eigenvalue weighted by Gasteiger charge is -2.26. The third kappa shape index (κ3) is 3.89. The van der Waals surface area contributed by atoms with Crippen LogP contribution in [0, 0.1) is 0 Å². The topological polar surface area (TPSA) is 21.3 Å². The molecule has 92 valence electrons. The highest BCUT2D eigenvalue weighted by Gasteiger charge is 2.22. The van der Waals surface area contributed by atoms with Crippen molar-refractivity contribution in [1.82, 2.24) is 5.32 Å². The average Bonchev–Trinajstić information content (AvgIpc) is 2.79. The van der Waals surface area contributed by atoms with Crippen LogP contribution in [0.1, 0.15) is 44.5 Å². The number of rotatable bonds is 8. The van der Waals surface area contributed by atoms with Crippen molar-refractivity contribution in [2.75, 3.05) is 13.2 Å². The third-order valence-electron chi connectivity index (χ3n) is 2.60. The van der Waals surface area contributed by atoms with Crippen molar-refractivity contribution in [3.63, 3.8) is 0 Å². The minimum atomic E-state index is 0.300. The average molecular weight is 241 g/mol. The van der Waals surface area contributed by atoms with Gasteiger partial charge >= 0.3 is 0 Å². The lowest BCUT2D eigenvalue weighted by atomic mass is 10.0.